The predicted octanol–water partition coefficient (Wildman–Crippen LogP) is 4.54. The van der Waals surface area contributed by atoms with Crippen molar-refractivity contribution in [3.05, 3.63) is 95.5 Å². The molecule has 5 rings (SSSR count). The number of Topliss-reactive ketones (excluding diaryl/α,β-unsaturated/α-hetero) is 1. The predicted molar refractivity (Wildman–Crippen MR) is 159 cm³/mol. The second-order valence-electron chi connectivity index (χ2n) is 9.64. The Hall–Kier alpha value is -4.54. The molecule has 0 radical (unpaired) electrons. The van der Waals surface area contributed by atoms with Crippen molar-refractivity contribution in [2.75, 3.05) is 13.7 Å². The van der Waals surface area contributed by atoms with Crippen LogP contribution >= 0.6 is 11.5 Å². The summed E-state index contributed by atoms with van der Waals surface area (Å²) in [7, 11) is 1.60. The molecule has 0 saturated heterocycles. The van der Waals surface area contributed by atoms with Gasteiger partial charge in [0, 0.05) is 34.5 Å². The van der Waals surface area contributed by atoms with Crippen LogP contribution in [0.25, 0.3) is 22.2 Å². The van der Waals surface area contributed by atoms with E-state index in [1.54, 1.807) is 19.2 Å². The zero-order chi connectivity index (χ0) is 28.6. The lowest BCUT2D eigenvalue weighted by molar-refractivity contribution is -0.127. The average molecular weight is 570 g/mol. The van der Waals surface area contributed by atoms with Crippen LogP contribution in [-0.2, 0) is 22.4 Å². The number of ketones is 1. The Morgan fingerprint density at radius 1 is 1.02 bits per heavy atom. The molecule has 0 bridgehead atoms. The number of aromatic amines is 1. The normalized spacial score (nSPS) is 12.5. The number of benzene rings is 3. The molecule has 5 aromatic rings. The molecule has 0 aliphatic heterocycles. The molecular formula is C31H31N5O4S. The number of aromatic nitrogens is 3. The third-order valence-corrected chi connectivity index (χ3v) is 7.50. The second kappa shape index (κ2) is 13.2. The molecule has 9 nitrogen and oxygen atoms in total. The van der Waals surface area contributed by atoms with Gasteiger partial charge in [-0.15, -0.1) is 5.10 Å². The van der Waals surface area contributed by atoms with Gasteiger partial charge in [0.05, 0.1) is 19.2 Å². The van der Waals surface area contributed by atoms with Gasteiger partial charge in [0.2, 0.25) is 5.91 Å². The molecule has 2 atom stereocenters. The van der Waals surface area contributed by atoms with E-state index >= 15 is 0 Å². The van der Waals surface area contributed by atoms with Crippen molar-refractivity contribution in [2.45, 2.75) is 25.4 Å². The Morgan fingerprint density at radius 3 is 2.59 bits per heavy atom. The molecule has 1 amide bonds. The molecule has 2 aromatic heterocycles. The van der Waals surface area contributed by atoms with Crippen molar-refractivity contribution in [3.63, 3.8) is 0 Å². The zero-order valence-corrected chi connectivity index (χ0v) is 23.4. The second-order valence-corrected chi connectivity index (χ2v) is 10.3. The number of aryl methyl sites for hydroxylation is 1. The number of nitrogens with zero attached hydrogens (tertiary/aromatic N) is 2. The molecule has 0 aliphatic rings. The molecule has 41 heavy (non-hydrogen) atoms. The highest BCUT2D eigenvalue weighted by atomic mass is 32.1. The lowest BCUT2D eigenvalue weighted by Crippen LogP contribution is -2.51. The Kier molecular flexibility index (Phi) is 9.02. The summed E-state index contributed by atoms with van der Waals surface area (Å²) in [4.78, 5) is 29.7. The van der Waals surface area contributed by atoms with Gasteiger partial charge < -0.3 is 25.5 Å². The number of carbonyl (C=O) groups is 2. The number of hydrogen-bond donors (Lipinski definition) is 3. The summed E-state index contributed by atoms with van der Waals surface area (Å²) in [5.74, 6) is 0.120. The number of fused-ring (bicyclic) bond motifs is 1. The molecular weight excluding hydrogens is 538 g/mol. The van der Waals surface area contributed by atoms with Crippen LogP contribution in [0.1, 0.15) is 17.5 Å². The quantitative estimate of drug-likeness (QED) is 0.177. The van der Waals surface area contributed by atoms with Crippen LogP contribution in [0.15, 0.2) is 84.4 Å². The first kappa shape index (κ1) is 28.0. The molecule has 0 spiro atoms. The molecule has 3 aromatic carbocycles. The topological polar surface area (TPSA) is 132 Å². The first-order valence-corrected chi connectivity index (χ1v) is 14.1. The van der Waals surface area contributed by atoms with Crippen molar-refractivity contribution in [2.24, 2.45) is 11.7 Å². The smallest absolute Gasteiger partial charge is 0.221 e. The monoisotopic (exact) mass is 569 g/mol. The summed E-state index contributed by atoms with van der Waals surface area (Å²) in [6, 6.07) is 22.8. The molecule has 4 N–H and O–H groups in total. The lowest BCUT2D eigenvalue weighted by Gasteiger charge is -2.24. The maximum Gasteiger partial charge on any atom is 0.221 e. The number of nitrogens with one attached hydrogen (secondary N) is 2. The number of carbonyl (C=O) groups excluding carboxylic acids is 2. The Balaban J connectivity index is 1.26. The summed E-state index contributed by atoms with van der Waals surface area (Å²) in [5, 5.41) is 9.79. The minimum atomic E-state index is -0.899. The molecule has 2 unspecified atom stereocenters. The zero-order valence-electron chi connectivity index (χ0n) is 22.6. The van der Waals surface area contributed by atoms with Crippen LogP contribution in [0.2, 0.25) is 0 Å². The van der Waals surface area contributed by atoms with Crippen molar-refractivity contribution < 1.29 is 19.1 Å². The van der Waals surface area contributed by atoms with Gasteiger partial charge in [-0.25, -0.2) is 0 Å². The fourth-order valence-electron chi connectivity index (χ4n) is 4.77. The lowest BCUT2D eigenvalue weighted by atomic mass is 9.92. The fourth-order valence-corrected chi connectivity index (χ4v) is 5.23. The van der Waals surface area contributed by atoms with Crippen LogP contribution < -0.4 is 20.5 Å². The van der Waals surface area contributed by atoms with Crippen molar-refractivity contribution in [3.8, 4) is 22.8 Å². The van der Waals surface area contributed by atoms with Crippen molar-refractivity contribution >= 4 is 34.1 Å². The van der Waals surface area contributed by atoms with Crippen LogP contribution in [0.5, 0.6) is 11.5 Å². The van der Waals surface area contributed by atoms with Gasteiger partial charge in [0.15, 0.2) is 5.78 Å². The number of hydrogen-bond acceptors (Lipinski definition) is 8. The fraction of sp³-hybridized carbons (Fsp3) is 0.226. The van der Waals surface area contributed by atoms with E-state index in [1.807, 2.05) is 72.2 Å². The standard InChI is InChI=1S/C31H31N5O4S/c1-39-29-9-5-2-6-21(29)12-15-30(38)34-31(32)25(16-22-17-33-26-8-4-3-7-24(22)26)28(37)18-40-23-13-10-20(11-14-23)27-19-41-36-35-27/h2-11,13-14,17,19,25,31,33H,12,15-16,18,32H2,1H3,(H,34,38). The average Bonchev–Trinajstić information content (AvgIpc) is 3.69. The first-order valence-electron chi connectivity index (χ1n) is 13.3. The maximum atomic E-state index is 13.5. The van der Waals surface area contributed by atoms with Gasteiger partial charge in [-0.1, -0.05) is 40.9 Å². The van der Waals surface area contributed by atoms with E-state index in [0.717, 1.165) is 39.0 Å². The molecule has 2 heterocycles. The Morgan fingerprint density at radius 2 is 1.80 bits per heavy atom. The number of methoxy groups -OCH3 is 1. The van der Waals surface area contributed by atoms with Gasteiger partial charge >= 0.3 is 0 Å². The highest BCUT2D eigenvalue weighted by molar-refractivity contribution is 7.03. The van der Waals surface area contributed by atoms with E-state index in [2.05, 4.69) is 19.9 Å². The number of ether oxygens (including phenoxy) is 2. The van der Waals surface area contributed by atoms with Crippen molar-refractivity contribution in [1.29, 1.82) is 0 Å². The summed E-state index contributed by atoms with van der Waals surface area (Å²) in [6.45, 7) is -0.185. The largest absolute Gasteiger partial charge is 0.496 e. The van der Waals surface area contributed by atoms with Crippen LogP contribution in [0, 0.1) is 5.92 Å². The Bertz CT molecular complexity index is 1600. The van der Waals surface area contributed by atoms with Crippen LogP contribution in [0.4, 0.5) is 0 Å². The van der Waals surface area contributed by atoms with Crippen LogP contribution in [-0.4, -0.2) is 46.1 Å². The maximum absolute atomic E-state index is 13.5. The summed E-state index contributed by atoms with van der Waals surface area (Å²) >= 11 is 1.28. The van der Waals surface area contributed by atoms with E-state index in [4.69, 9.17) is 15.2 Å². The highest BCUT2D eigenvalue weighted by Gasteiger charge is 2.28. The van der Waals surface area contributed by atoms with E-state index in [0.29, 0.717) is 18.6 Å². The molecule has 0 saturated carbocycles. The number of nitrogens with two attached hydrogens (primary N) is 1. The number of amides is 1. The van der Waals surface area contributed by atoms with E-state index in [9.17, 15) is 9.59 Å². The van der Waals surface area contributed by atoms with Crippen molar-refractivity contribution in [1.82, 2.24) is 19.9 Å². The summed E-state index contributed by atoms with van der Waals surface area (Å²) in [5.41, 5.74) is 11.0. The van der Waals surface area contributed by atoms with Crippen LogP contribution in [0.3, 0.4) is 0 Å². The minimum absolute atomic E-state index is 0.185. The van der Waals surface area contributed by atoms with E-state index < -0.39 is 12.1 Å². The number of H-pyrrole nitrogens is 1. The van der Waals surface area contributed by atoms with E-state index in [-0.39, 0.29) is 24.7 Å². The van der Waals surface area contributed by atoms with Gasteiger partial charge in [-0.3, -0.25) is 9.59 Å². The SMILES string of the molecule is COc1ccccc1CCC(=O)NC(N)C(Cc1c[nH]c2ccccc12)C(=O)COc1ccc(-c2csnn2)cc1. The molecule has 0 aliphatic carbocycles. The summed E-state index contributed by atoms with van der Waals surface area (Å²) in [6.07, 6.45) is 2.02. The van der Waals surface area contributed by atoms with Gasteiger partial charge in [0.1, 0.15) is 23.8 Å². The molecule has 0 fully saturated rings. The third-order valence-electron chi connectivity index (χ3n) is 6.99. The summed E-state index contributed by atoms with van der Waals surface area (Å²) < 4.78 is 15.1. The third kappa shape index (κ3) is 6.97. The molecule has 10 heteroatoms. The van der Waals surface area contributed by atoms with Gasteiger partial charge in [0.25, 0.3) is 0 Å². The highest BCUT2D eigenvalue weighted by Crippen LogP contribution is 2.24. The number of rotatable bonds is 13. The first-order chi connectivity index (χ1) is 20.0. The van der Waals surface area contributed by atoms with Gasteiger partial charge in [-0.2, -0.15) is 0 Å². The Labute approximate surface area is 241 Å². The number of para-hydroxylation sites is 2. The van der Waals surface area contributed by atoms with E-state index in [1.165, 1.54) is 11.5 Å². The minimum Gasteiger partial charge on any atom is -0.496 e. The molecule has 210 valence electrons. The van der Waals surface area contributed by atoms with Gasteiger partial charge in [-0.05, 0) is 71.9 Å².